The fourth-order valence-electron chi connectivity index (χ4n) is 5.21. The standard InChI is InChI=1S/C13H19NO5.C10H19NO3.C6H6O3/c1-2-10-12(17)13(18)11(19-10)6-14-5-9(16)4-3-8(14)7-15;1-4-6-8-9(7(5-11)12-6)14-10(2,3)13-8;7-3-5-1-2-6(4-8)9-5/h3-5,10-13,15,17-18H,2,6-7H2,1H3;6-9H,4-5,11H2,1-3H3;1-3,8H,4H2. The minimum absolute atomic E-state index is 0.00766. The molecule has 0 aromatic carbocycles. The molecule has 2 aromatic rings. The van der Waals surface area contributed by atoms with Crippen molar-refractivity contribution in [1.82, 2.24) is 0 Å². The third-order valence-electron chi connectivity index (χ3n) is 7.33. The van der Waals surface area contributed by atoms with Crippen LogP contribution in [0.1, 0.15) is 62.5 Å². The minimum Gasteiger partial charge on any atom is -0.868 e. The lowest BCUT2D eigenvalue weighted by Gasteiger charge is -2.23. The van der Waals surface area contributed by atoms with E-state index in [9.17, 15) is 25.2 Å². The van der Waals surface area contributed by atoms with Crippen molar-refractivity contribution < 1.29 is 58.3 Å². The van der Waals surface area contributed by atoms with Gasteiger partial charge in [-0.1, -0.05) is 19.9 Å². The van der Waals surface area contributed by atoms with E-state index < -0.39 is 30.2 Å². The zero-order valence-corrected chi connectivity index (χ0v) is 24.5. The monoisotopic (exact) mass is 596 g/mol. The van der Waals surface area contributed by atoms with E-state index in [1.54, 1.807) is 10.6 Å². The lowest BCUT2D eigenvalue weighted by Crippen LogP contribution is -2.47. The van der Waals surface area contributed by atoms with Gasteiger partial charge < -0.3 is 54.6 Å². The van der Waals surface area contributed by atoms with Crippen molar-refractivity contribution in [3.8, 4) is 5.75 Å². The molecule has 0 spiro atoms. The molecule has 5 heterocycles. The molecule has 3 aliphatic heterocycles. The van der Waals surface area contributed by atoms with Crippen LogP contribution in [0.3, 0.4) is 0 Å². The first-order chi connectivity index (χ1) is 20.0. The number of nitrogens with zero attached hydrogens (tertiary/aromatic N) is 1. The molecule has 0 radical (unpaired) electrons. The summed E-state index contributed by atoms with van der Waals surface area (Å²) >= 11 is 0. The quantitative estimate of drug-likeness (QED) is 0.196. The summed E-state index contributed by atoms with van der Waals surface area (Å²) in [7, 11) is 0. The Labute approximate surface area is 245 Å². The third-order valence-corrected chi connectivity index (χ3v) is 7.33. The first-order valence-electron chi connectivity index (χ1n) is 14.2. The summed E-state index contributed by atoms with van der Waals surface area (Å²) in [6.45, 7) is 8.19. The number of hydrogen-bond acceptors (Lipinski definition) is 12. The highest BCUT2D eigenvalue weighted by atomic mass is 16.8. The van der Waals surface area contributed by atoms with E-state index in [1.165, 1.54) is 24.4 Å². The highest BCUT2D eigenvalue weighted by molar-refractivity contribution is 5.70. The molecule has 5 rings (SSSR count). The van der Waals surface area contributed by atoms with Gasteiger partial charge in [-0.15, -0.1) is 0 Å². The Morgan fingerprint density at radius 2 is 1.55 bits per heavy atom. The molecule has 42 heavy (non-hydrogen) atoms. The summed E-state index contributed by atoms with van der Waals surface area (Å²) in [5.74, 6) is -0.00613. The first-order valence-corrected chi connectivity index (χ1v) is 14.2. The predicted octanol–water partition coefficient (Wildman–Crippen LogP) is -0.334. The lowest BCUT2D eigenvalue weighted by atomic mass is 10.1. The second kappa shape index (κ2) is 15.3. The van der Waals surface area contributed by atoms with E-state index in [2.05, 4.69) is 6.92 Å². The number of rotatable bonds is 8. The Bertz CT molecular complexity index is 1110. The summed E-state index contributed by atoms with van der Waals surface area (Å²) in [6.07, 6.45) is 0.816. The number of aromatic nitrogens is 1. The van der Waals surface area contributed by atoms with Crippen molar-refractivity contribution in [3.05, 3.63) is 47.7 Å². The van der Waals surface area contributed by atoms with Crippen LogP contribution in [0.4, 0.5) is 0 Å². The Balaban J connectivity index is 0.000000185. The molecule has 13 heteroatoms. The van der Waals surface area contributed by atoms with Gasteiger partial charge in [0.25, 0.3) is 0 Å². The molecule has 3 fully saturated rings. The lowest BCUT2D eigenvalue weighted by molar-refractivity contribution is -0.715. The fourth-order valence-corrected chi connectivity index (χ4v) is 5.21. The summed E-state index contributed by atoms with van der Waals surface area (Å²) in [4.78, 5) is 9.96. The Hall–Kier alpha value is -2.46. The van der Waals surface area contributed by atoms with Crippen LogP contribution < -0.4 is 15.4 Å². The number of nitrogens with two attached hydrogens (primary N) is 1. The Morgan fingerprint density at radius 1 is 0.929 bits per heavy atom. The average Bonchev–Trinajstić information content (AvgIpc) is 3.72. The summed E-state index contributed by atoms with van der Waals surface area (Å²) in [6, 6.07) is 5.98. The number of carbonyl (C=O) groups excluding carboxylic acids is 1. The van der Waals surface area contributed by atoms with Gasteiger partial charge in [-0.3, -0.25) is 4.79 Å². The number of aliphatic hydroxyl groups is 4. The van der Waals surface area contributed by atoms with Gasteiger partial charge in [-0.2, -0.15) is 4.57 Å². The van der Waals surface area contributed by atoms with E-state index >= 15 is 0 Å². The second-order valence-electron chi connectivity index (χ2n) is 10.8. The molecule has 2 aromatic heterocycles. The van der Waals surface area contributed by atoms with E-state index in [0.29, 0.717) is 30.7 Å². The van der Waals surface area contributed by atoms with Crippen LogP contribution in [0.5, 0.6) is 5.75 Å². The van der Waals surface area contributed by atoms with Gasteiger partial charge in [0.1, 0.15) is 49.5 Å². The van der Waals surface area contributed by atoms with Crippen molar-refractivity contribution in [2.45, 2.75) is 115 Å². The van der Waals surface area contributed by atoms with Crippen molar-refractivity contribution in [2.75, 3.05) is 6.54 Å². The second-order valence-corrected chi connectivity index (χ2v) is 10.8. The van der Waals surface area contributed by atoms with Crippen LogP contribution in [-0.2, 0) is 38.7 Å². The van der Waals surface area contributed by atoms with E-state index in [4.69, 9.17) is 34.2 Å². The molecular weight excluding hydrogens is 552 g/mol. The molecule has 0 aliphatic carbocycles. The maximum Gasteiger partial charge on any atom is 0.207 e. The van der Waals surface area contributed by atoms with Crippen LogP contribution in [-0.4, -0.2) is 87.9 Å². The zero-order chi connectivity index (χ0) is 31.0. The molecule has 3 aliphatic rings. The van der Waals surface area contributed by atoms with Crippen LogP contribution >= 0.6 is 0 Å². The van der Waals surface area contributed by atoms with E-state index in [0.717, 1.165) is 6.42 Å². The third kappa shape index (κ3) is 8.34. The number of carbonyl (C=O) groups is 1. The molecule has 8 unspecified atom stereocenters. The SMILES string of the molecule is CCC1OC(CN)C2OC(C)(C)OC12.CCC1OC(C[n+]2cc([O-])ccc2CO)C(O)C1O.O=Cc1ccc(CO)o1. The minimum atomic E-state index is -0.987. The maximum atomic E-state index is 11.3. The Morgan fingerprint density at radius 3 is 2.05 bits per heavy atom. The number of ether oxygens (including phenoxy) is 4. The number of aldehydes is 1. The predicted molar refractivity (Wildman–Crippen MR) is 145 cm³/mol. The van der Waals surface area contributed by atoms with Gasteiger partial charge >= 0.3 is 0 Å². The number of pyridine rings is 1. The van der Waals surface area contributed by atoms with Gasteiger partial charge in [0.2, 0.25) is 5.69 Å². The molecule has 3 saturated heterocycles. The number of aliphatic hydroxyl groups excluding tert-OH is 4. The molecular formula is C29H44N2O11. The largest absolute Gasteiger partial charge is 0.868 e. The highest BCUT2D eigenvalue weighted by Gasteiger charge is 2.53. The van der Waals surface area contributed by atoms with E-state index in [1.807, 2.05) is 20.8 Å². The van der Waals surface area contributed by atoms with Gasteiger partial charge in [-0.05, 0) is 44.6 Å². The number of fused-ring (bicyclic) bond motifs is 1. The van der Waals surface area contributed by atoms with Gasteiger partial charge in [0.15, 0.2) is 30.6 Å². The van der Waals surface area contributed by atoms with Gasteiger partial charge in [0.05, 0.1) is 18.3 Å². The van der Waals surface area contributed by atoms with Crippen LogP contribution in [0, 0.1) is 0 Å². The van der Waals surface area contributed by atoms with Crippen molar-refractivity contribution >= 4 is 6.29 Å². The van der Waals surface area contributed by atoms with Gasteiger partial charge in [-0.25, -0.2) is 0 Å². The number of hydrogen-bond donors (Lipinski definition) is 5. The maximum absolute atomic E-state index is 11.3. The normalized spacial score (nSPS) is 31.1. The van der Waals surface area contributed by atoms with Crippen molar-refractivity contribution in [1.29, 1.82) is 0 Å². The van der Waals surface area contributed by atoms with Gasteiger partial charge in [0, 0.05) is 12.6 Å². The summed E-state index contributed by atoms with van der Waals surface area (Å²) in [5.41, 5.74) is 6.19. The van der Waals surface area contributed by atoms with Crippen LogP contribution in [0.15, 0.2) is 34.9 Å². The molecule has 0 bridgehead atoms. The molecule has 0 amide bonds. The fraction of sp³-hybridized carbons (Fsp3) is 0.655. The molecule has 6 N–H and O–H groups in total. The van der Waals surface area contributed by atoms with Crippen LogP contribution in [0.2, 0.25) is 0 Å². The van der Waals surface area contributed by atoms with Crippen molar-refractivity contribution in [2.24, 2.45) is 5.73 Å². The van der Waals surface area contributed by atoms with Crippen LogP contribution in [0.25, 0.3) is 0 Å². The molecule has 236 valence electrons. The molecule has 8 atom stereocenters. The highest BCUT2D eigenvalue weighted by Crippen LogP contribution is 2.39. The molecule has 0 saturated carbocycles. The molecule has 13 nitrogen and oxygen atoms in total. The topological polar surface area (TPSA) is 201 Å². The number of furan rings is 1. The Kier molecular flexibility index (Phi) is 12.4. The average molecular weight is 597 g/mol. The summed E-state index contributed by atoms with van der Waals surface area (Å²) in [5, 5.41) is 48.7. The van der Waals surface area contributed by atoms with Crippen molar-refractivity contribution in [3.63, 3.8) is 0 Å². The smallest absolute Gasteiger partial charge is 0.207 e. The first kappa shape index (κ1) is 34.0. The zero-order valence-electron chi connectivity index (χ0n) is 24.5. The van der Waals surface area contributed by atoms with E-state index in [-0.39, 0.29) is 55.7 Å². The summed E-state index contributed by atoms with van der Waals surface area (Å²) < 4.78 is 29.2.